The van der Waals surface area contributed by atoms with Crippen molar-refractivity contribution >= 4 is 41.7 Å². The number of benzene rings is 1. The molecule has 0 unspecified atom stereocenters. The van der Waals surface area contributed by atoms with E-state index < -0.39 is 6.09 Å². The van der Waals surface area contributed by atoms with Crippen LogP contribution >= 0.6 is 24.0 Å². The van der Waals surface area contributed by atoms with Gasteiger partial charge in [0.15, 0.2) is 5.96 Å². The number of nitrogens with zero attached hydrogens (tertiary/aromatic N) is 1. The number of nitrogens with one attached hydrogen (secondary N) is 3. The van der Waals surface area contributed by atoms with Crippen molar-refractivity contribution in [3.05, 3.63) is 29.8 Å². The average Bonchev–Trinajstić information content (AvgIpc) is 3.33. The Morgan fingerprint density at radius 2 is 1.95 bits per heavy atom. The summed E-state index contributed by atoms with van der Waals surface area (Å²) in [7, 11) is 3.11. The maximum Gasteiger partial charge on any atom is 0.411 e. The monoisotopic (exact) mass is 418 g/mol. The summed E-state index contributed by atoms with van der Waals surface area (Å²) in [6.07, 6.45) is 2.17. The van der Waals surface area contributed by atoms with Crippen LogP contribution in [0.1, 0.15) is 18.4 Å². The summed E-state index contributed by atoms with van der Waals surface area (Å²) < 4.78 is 4.54. The maximum absolute atomic E-state index is 11.1. The molecule has 1 aromatic rings. The van der Waals surface area contributed by atoms with E-state index in [-0.39, 0.29) is 24.0 Å². The van der Waals surface area contributed by atoms with Crippen molar-refractivity contribution in [1.82, 2.24) is 10.6 Å². The molecule has 22 heavy (non-hydrogen) atoms. The lowest BCUT2D eigenvalue weighted by molar-refractivity contribution is 0.187. The van der Waals surface area contributed by atoms with Gasteiger partial charge in [0.25, 0.3) is 0 Å². The first-order valence-electron chi connectivity index (χ1n) is 7.09. The Bertz CT molecular complexity index is 501. The Labute approximate surface area is 148 Å². The Morgan fingerprint density at radius 3 is 2.50 bits per heavy atom. The molecule has 1 aliphatic rings. The number of methoxy groups -OCH3 is 1. The molecule has 0 saturated heterocycles. The lowest BCUT2D eigenvalue weighted by Gasteiger charge is -2.12. The van der Waals surface area contributed by atoms with Crippen LogP contribution in [0.2, 0.25) is 0 Å². The number of anilines is 1. The summed E-state index contributed by atoms with van der Waals surface area (Å²) in [6.45, 7) is 1.67. The molecule has 1 saturated carbocycles. The smallest absolute Gasteiger partial charge is 0.411 e. The predicted octanol–water partition coefficient (Wildman–Crippen LogP) is 2.56. The fourth-order valence-electron chi connectivity index (χ4n) is 1.84. The zero-order valence-corrected chi connectivity index (χ0v) is 15.2. The summed E-state index contributed by atoms with van der Waals surface area (Å²) in [5, 5.41) is 9.20. The van der Waals surface area contributed by atoms with Crippen LogP contribution in [0.5, 0.6) is 0 Å². The van der Waals surface area contributed by atoms with Crippen LogP contribution in [0.25, 0.3) is 0 Å². The van der Waals surface area contributed by atoms with E-state index in [0.29, 0.717) is 12.2 Å². The summed E-state index contributed by atoms with van der Waals surface area (Å²) in [5.41, 5.74) is 1.82. The number of aliphatic imine (C=N–C) groups is 1. The number of amides is 1. The standard InChI is InChI=1S/C15H22N4O2.HI/c1-16-14(17-9-11-3-4-11)18-10-12-5-7-13(8-6-12)19-15(20)21-2;/h5-8,11H,3-4,9-10H2,1-2H3,(H,19,20)(H2,16,17,18);1H. The normalized spacial score (nSPS) is 13.8. The highest BCUT2D eigenvalue weighted by Gasteiger charge is 2.20. The van der Waals surface area contributed by atoms with Crippen molar-refractivity contribution in [2.45, 2.75) is 19.4 Å². The fraction of sp³-hybridized carbons (Fsp3) is 0.467. The van der Waals surface area contributed by atoms with Crippen molar-refractivity contribution in [2.75, 3.05) is 26.0 Å². The van der Waals surface area contributed by atoms with Crippen molar-refractivity contribution in [3.8, 4) is 0 Å². The van der Waals surface area contributed by atoms with Gasteiger partial charge in [-0.05, 0) is 36.5 Å². The second-order valence-corrected chi connectivity index (χ2v) is 5.06. The number of rotatable bonds is 5. The van der Waals surface area contributed by atoms with Crippen LogP contribution in [-0.4, -0.2) is 32.8 Å². The van der Waals surface area contributed by atoms with Gasteiger partial charge in [-0.1, -0.05) is 12.1 Å². The van der Waals surface area contributed by atoms with E-state index >= 15 is 0 Å². The summed E-state index contributed by atoms with van der Waals surface area (Å²) in [4.78, 5) is 15.3. The third-order valence-electron chi connectivity index (χ3n) is 3.32. The van der Waals surface area contributed by atoms with Gasteiger partial charge in [-0.25, -0.2) is 4.79 Å². The Balaban J connectivity index is 0.00000242. The van der Waals surface area contributed by atoms with Gasteiger partial charge in [0, 0.05) is 25.8 Å². The Hall–Kier alpha value is -1.51. The summed E-state index contributed by atoms with van der Waals surface area (Å²) in [6, 6.07) is 7.58. The average molecular weight is 418 g/mol. The molecule has 3 N–H and O–H groups in total. The van der Waals surface area contributed by atoms with Gasteiger partial charge < -0.3 is 15.4 Å². The molecule has 122 valence electrons. The first-order chi connectivity index (χ1) is 10.2. The van der Waals surface area contributed by atoms with E-state index in [1.54, 1.807) is 7.05 Å². The SMILES string of the molecule is CN=C(NCc1ccc(NC(=O)OC)cc1)NCC1CC1.I. The van der Waals surface area contributed by atoms with Crippen LogP contribution in [0, 0.1) is 5.92 Å². The zero-order chi connectivity index (χ0) is 15.1. The first kappa shape index (κ1) is 18.5. The minimum Gasteiger partial charge on any atom is -0.453 e. The van der Waals surface area contributed by atoms with Crippen LogP contribution < -0.4 is 16.0 Å². The Morgan fingerprint density at radius 1 is 1.27 bits per heavy atom. The second-order valence-electron chi connectivity index (χ2n) is 5.06. The largest absolute Gasteiger partial charge is 0.453 e. The molecule has 0 radical (unpaired) electrons. The summed E-state index contributed by atoms with van der Waals surface area (Å²) >= 11 is 0. The number of carbonyl (C=O) groups is 1. The number of halogens is 1. The van der Waals surface area contributed by atoms with E-state index in [2.05, 4.69) is 25.7 Å². The lowest BCUT2D eigenvalue weighted by Crippen LogP contribution is -2.37. The van der Waals surface area contributed by atoms with Crippen LogP contribution in [0.15, 0.2) is 29.3 Å². The van der Waals surface area contributed by atoms with E-state index in [9.17, 15) is 4.79 Å². The highest BCUT2D eigenvalue weighted by Crippen LogP contribution is 2.27. The zero-order valence-electron chi connectivity index (χ0n) is 12.9. The second kappa shape index (κ2) is 9.50. The molecule has 0 bridgehead atoms. The van der Waals surface area contributed by atoms with Gasteiger partial charge in [-0.3, -0.25) is 10.3 Å². The number of hydrogen-bond acceptors (Lipinski definition) is 3. The van der Waals surface area contributed by atoms with Gasteiger partial charge in [0.05, 0.1) is 7.11 Å². The molecule has 0 aliphatic heterocycles. The van der Waals surface area contributed by atoms with Gasteiger partial charge in [-0.2, -0.15) is 0 Å². The van der Waals surface area contributed by atoms with Crippen molar-refractivity contribution in [1.29, 1.82) is 0 Å². The van der Waals surface area contributed by atoms with Gasteiger partial charge in [-0.15, -0.1) is 24.0 Å². The molecule has 0 spiro atoms. The third-order valence-corrected chi connectivity index (χ3v) is 3.32. The molecular weight excluding hydrogens is 395 g/mol. The molecule has 0 heterocycles. The Kier molecular flexibility index (Phi) is 8.00. The molecule has 1 fully saturated rings. The van der Waals surface area contributed by atoms with Gasteiger partial charge in [0.1, 0.15) is 0 Å². The number of hydrogen-bond donors (Lipinski definition) is 3. The molecule has 1 aliphatic carbocycles. The molecule has 6 nitrogen and oxygen atoms in total. The highest BCUT2D eigenvalue weighted by atomic mass is 127. The highest BCUT2D eigenvalue weighted by molar-refractivity contribution is 14.0. The van der Waals surface area contributed by atoms with Gasteiger partial charge in [0.2, 0.25) is 0 Å². The van der Waals surface area contributed by atoms with E-state index in [1.165, 1.54) is 20.0 Å². The van der Waals surface area contributed by atoms with Crippen molar-refractivity contribution < 1.29 is 9.53 Å². The molecule has 0 atom stereocenters. The molecule has 7 heteroatoms. The lowest BCUT2D eigenvalue weighted by atomic mass is 10.2. The van der Waals surface area contributed by atoms with Crippen LogP contribution in [0.4, 0.5) is 10.5 Å². The molecule has 1 aromatic carbocycles. The minimum atomic E-state index is -0.467. The molecular formula is C15H23IN4O2. The number of carbonyl (C=O) groups excluding carboxylic acids is 1. The van der Waals surface area contributed by atoms with Gasteiger partial charge >= 0.3 is 6.09 Å². The van der Waals surface area contributed by atoms with E-state index in [0.717, 1.165) is 24.0 Å². The predicted molar refractivity (Wildman–Crippen MR) is 98.8 cm³/mol. The fourth-order valence-corrected chi connectivity index (χ4v) is 1.84. The quantitative estimate of drug-likeness (QED) is 0.391. The number of guanidine groups is 1. The topological polar surface area (TPSA) is 74.8 Å². The third kappa shape index (κ3) is 6.50. The molecule has 1 amide bonds. The van der Waals surface area contributed by atoms with Crippen molar-refractivity contribution in [3.63, 3.8) is 0 Å². The van der Waals surface area contributed by atoms with Crippen molar-refractivity contribution in [2.24, 2.45) is 10.9 Å². The minimum absolute atomic E-state index is 0. The van der Waals surface area contributed by atoms with Crippen LogP contribution in [0.3, 0.4) is 0 Å². The van der Waals surface area contributed by atoms with Crippen LogP contribution in [-0.2, 0) is 11.3 Å². The number of ether oxygens (including phenoxy) is 1. The van der Waals surface area contributed by atoms with E-state index in [4.69, 9.17) is 0 Å². The molecule has 0 aromatic heterocycles. The van der Waals surface area contributed by atoms with E-state index in [1.807, 2.05) is 24.3 Å². The molecule has 2 rings (SSSR count). The maximum atomic E-state index is 11.1. The summed E-state index contributed by atoms with van der Waals surface area (Å²) in [5.74, 6) is 1.63. The first-order valence-corrected chi connectivity index (χ1v) is 7.09.